The molecule has 1 fully saturated rings. The van der Waals surface area contributed by atoms with Crippen LogP contribution in [0, 0.1) is 0 Å². The zero-order valence-electron chi connectivity index (χ0n) is 5.29. The SMILES string of the molecule is OCC1OCCCC1O. The van der Waals surface area contributed by atoms with Crippen molar-refractivity contribution in [1.82, 2.24) is 0 Å². The second-order valence-electron chi connectivity index (χ2n) is 2.30. The Kier molecular flexibility index (Phi) is 2.45. The molecule has 1 aliphatic rings. The lowest BCUT2D eigenvalue weighted by atomic mass is 10.1. The van der Waals surface area contributed by atoms with Crippen molar-refractivity contribution < 1.29 is 14.9 Å². The Bertz CT molecular complexity index is 84.4. The molecule has 1 heterocycles. The highest BCUT2D eigenvalue weighted by Crippen LogP contribution is 2.12. The van der Waals surface area contributed by atoms with E-state index in [1.165, 1.54) is 0 Å². The molecule has 0 amide bonds. The summed E-state index contributed by atoms with van der Waals surface area (Å²) in [5.41, 5.74) is 0. The lowest BCUT2D eigenvalue weighted by Gasteiger charge is -2.25. The van der Waals surface area contributed by atoms with Gasteiger partial charge >= 0.3 is 0 Å². The summed E-state index contributed by atoms with van der Waals surface area (Å²) in [4.78, 5) is 0. The molecule has 0 saturated carbocycles. The van der Waals surface area contributed by atoms with Crippen LogP contribution in [0.4, 0.5) is 0 Å². The second-order valence-corrected chi connectivity index (χ2v) is 2.30. The van der Waals surface area contributed by atoms with E-state index in [0.29, 0.717) is 6.61 Å². The van der Waals surface area contributed by atoms with Crippen LogP contribution >= 0.6 is 0 Å². The second kappa shape index (κ2) is 3.15. The van der Waals surface area contributed by atoms with Gasteiger partial charge in [-0.2, -0.15) is 0 Å². The van der Waals surface area contributed by atoms with E-state index in [0.717, 1.165) is 12.8 Å². The highest BCUT2D eigenvalue weighted by Gasteiger charge is 2.22. The lowest BCUT2D eigenvalue weighted by molar-refractivity contribution is -0.0942. The monoisotopic (exact) mass is 132 g/mol. The first-order chi connectivity index (χ1) is 4.34. The summed E-state index contributed by atoms with van der Waals surface area (Å²) in [7, 11) is 0. The van der Waals surface area contributed by atoms with E-state index in [-0.39, 0.29) is 12.7 Å². The van der Waals surface area contributed by atoms with Gasteiger partial charge in [0.1, 0.15) is 6.10 Å². The average molecular weight is 132 g/mol. The summed E-state index contributed by atoms with van der Waals surface area (Å²) in [6, 6.07) is 0. The van der Waals surface area contributed by atoms with Gasteiger partial charge in [0.2, 0.25) is 0 Å². The maximum Gasteiger partial charge on any atom is 0.106 e. The van der Waals surface area contributed by atoms with Gasteiger partial charge in [-0.15, -0.1) is 0 Å². The van der Waals surface area contributed by atoms with Crippen molar-refractivity contribution in [3.8, 4) is 0 Å². The number of aliphatic hydroxyl groups is 2. The third-order valence-electron chi connectivity index (χ3n) is 1.59. The van der Waals surface area contributed by atoms with E-state index >= 15 is 0 Å². The molecule has 0 aromatic rings. The summed E-state index contributed by atoms with van der Waals surface area (Å²) >= 11 is 0. The van der Waals surface area contributed by atoms with Crippen LogP contribution in [0.3, 0.4) is 0 Å². The molecule has 0 aromatic carbocycles. The third kappa shape index (κ3) is 1.64. The van der Waals surface area contributed by atoms with E-state index in [1.807, 2.05) is 0 Å². The van der Waals surface area contributed by atoms with E-state index in [4.69, 9.17) is 14.9 Å². The fraction of sp³-hybridized carbons (Fsp3) is 1.00. The van der Waals surface area contributed by atoms with Gasteiger partial charge in [-0.05, 0) is 12.8 Å². The van der Waals surface area contributed by atoms with Gasteiger partial charge in [-0.3, -0.25) is 0 Å². The molecule has 0 aliphatic carbocycles. The van der Waals surface area contributed by atoms with Crippen LogP contribution in [0.25, 0.3) is 0 Å². The topological polar surface area (TPSA) is 49.7 Å². The molecule has 1 rings (SSSR count). The zero-order chi connectivity index (χ0) is 6.69. The van der Waals surface area contributed by atoms with Crippen LogP contribution in [0.5, 0.6) is 0 Å². The molecule has 2 unspecified atom stereocenters. The summed E-state index contributed by atoms with van der Waals surface area (Å²) in [5.74, 6) is 0. The van der Waals surface area contributed by atoms with Gasteiger partial charge in [-0.1, -0.05) is 0 Å². The highest BCUT2D eigenvalue weighted by molar-refractivity contribution is 4.71. The van der Waals surface area contributed by atoms with E-state index < -0.39 is 6.10 Å². The molecule has 9 heavy (non-hydrogen) atoms. The van der Waals surface area contributed by atoms with Gasteiger partial charge < -0.3 is 14.9 Å². The van der Waals surface area contributed by atoms with Crippen molar-refractivity contribution in [2.24, 2.45) is 0 Å². The number of aliphatic hydroxyl groups excluding tert-OH is 2. The normalized spacial score (nSPS) is 36.7. The van der Waals surface area contributed by atoms with Gasteiger partial charge in [0.05, 0.1) is 12.7 Å². The summed E-state index contributed by atoms with van der Waals surface area (Å²) in [5, 5.41) is 17.7. The molecule has 1 saturated heterocycles. The Hall–Kier alpha value is -0.120. The minimum atomic E-state index is -0.455. The molecule has 3 nitrogen and oxygen atoms in total. The van der Waals surface area contributed by atoms with Crippen molar-refractivity contribution in [2.45, 2.75) is 25.0 Å². The number of rotatable bonds is 1. The van der Waals surface area contributed by atoms with Crippen molar-refractivity contribution in [1.29, 1.82) is 0 Å². The predicted molar refractivity (Wildman–Crippen MR) is 32.1 cm³/mol. The van der Waals surface area contributed by atoms with Crippen LogP contribution in [-0.4, -0.2) is 35.6 Å². The number of hydrogen-bond acceptors (Lipinski definition) is 3. The fourth-order valence-electron chi connectivity index (χ4n) is 0.999. The van der Waals surface area contributed by atoms with Crippen LogP contribution in [0.15, 0.2) is 0 Å². The molecule has 1 aliphatic heterocycles. The minimum absolute atomic E-state index is 0.0683. The number of ether oxygens (including phenoxy) is 1. The van der Waals surface area contributed by atoms with E-state index in [9.17, 15) is 0 Å². The van der Waals surface area contributed by atoms with Crippen molar-refractivity contribution >= 4 is 0 Å². The maximum atomic E-state index is 9.08. The first-order valence-electron chi connectivity index (χ1n) is 3.25. The van der Waals surface area contributed by atoms with Crippen molar-refractivity contribution in [3.05, 3.63) is 0 Å². The standard InChI is InChI=1S/C6H12O3/c7-4-6-5(8)2-1-3-9-6/h5-8H,1-4H2. The van der Waals surface area contributed by atoms with E-state index in [2.05, 4.69) is 0 Å². The molecule has 54 valence electrons. The van der Waals surface area contributed by atoms with Gasteiger partial charge in [0, 0.05) is 6.61 Å². The smallest absolute Gasteiger partial charge is 0.106 e. The molecule has 0 bridgehead atoms. The molecule has 3 heteroatoms. The Morgan fingerprint density at radius 3 is 2.78 bits per heavy atom. The van der Waals surface area contributed by atoms with Crippen LogP contribution in [-0.2, 0) is 4.74 Å². The van der Waals surface area contributed by atoms with Crippen molar-refractivity contribution in [3.63, 3.8) is 0 Å². The van der Waals surface area contributed by atoms with Crippen LogP contribution in [0.1, 0.15) is 12.8 Å². The maximum absolute atomic E-state index is 9.08. The molecular weight excluding hydrogens is 120 g/mol. The largest absolute Gasteiger partial charge is 0.394 e. The van der Waals surface area contributed by atoms with Gasteiger partial charge in [0.15, 0.2) is 0 Å². The molecule has 2 N–H and O–H groups in total. The van der Waals surface area contributed by atoms with Crippen molar-refractivity contribution in [2.75, 3.05) is 13.2 Å². The summed E-state index contributed by atoms with van der Waals surface area (Å²) in [6.07, 6.45) is 0.866. The third-order valence-corrected chi connectivity index (χ3v) is 1.59. The highest BCUT2D eigenvalue weighted by atomic mass is 16.5. The van der Waals surface area contributed by atoms with Gasteiger partial charge in [-0.25, -0.2) is 0 Å². The summed E-state index contributed by atoms with van der Waals surface area (Å²) < 4.78 is 5.04. The lowest BCUT2D eigenvalue weighted by Crippen LogP contribution is -2.36. The molecule has 0 spiro atoms. The molecular formula is C6H12O3. The Morgan fingerprint density at radius 1 is 1.56 bits per heavy atom. The Morgan fingerprint density at radius 2 is 2.33 bits per heavy atom. The van der Waals surface area contributed by atoms with E-state index in [1.54, 1.807) is 0 Å². The summed E-state index contributed by atoms with van der Waals surface area (Å²) in [6.45, 7) is 0.601. The van der Waals surface area contributed by atoms with Crippen LogP contribution < -0.4 is 0 Å². The molecule has 0 radical (unpaired) electrons. The van der Waals surface area contributed by atoms with Crippen LogP contribution in [0.2, 0.25) is 0 Å². The first kappa shape index (κ1) is 6.99. The minimum Gasteiger partial charge on any atom is -0.394 e. The fourth-order valence-corrected chi connectivity index (χ4v) is 0.999. The van der Waals surface area contributed by atoms with Gasteiger partial charge in [0.25, 0.3) is 0 Å². The first-order valence-corrected chi connectivity index (χ1v) is 3.25. The Balaban J connectivity index is 2.30. The Labute approximate surface area is 54.3 Å². The molecule has 0 aromatic heterocycles. The number of hydrogen-bond donors (Lipinski definition) is 2. The average Bonchev–Trinajstić information content (AvgIpc) is 1.89. The zero-order valence-corrected chi connectivity index (χ0v) is 5.29. The quantitative estimate of drug-likeness (QED) is 0.506. The molecule has 2 atom stereocenters. The predicted octanol–water partition coefficient (Wildman–Crippen LogP) is -0.481.